The van der Waals surface area contributed by atoms with Crippen LogP contribution >= 0.6 is 0 Å². The highest BCUT2D eigenvalue weighted by atomic mass is 16.2. The molecule has 0 aliphatic carbocycles. The summed E-state index contributed by atoms with van der Waals surface area (Å²) in [7, 11) is 0. The smallest absolute Gasteiger partial charge is 0.253 e. The fourth-order valence-corrected chi connectivity index (χ4v) is 2.73. The molecule has 0 radical (unpaired) electrons. The molecule has 0 unspecified atom stereocenters. The van der Waals surface area contributed by atoms with Crippen molar-refractivity contribution in [2.75, 3.05) is 36.4 Å². The molecule has 1 N–H and O–H groups in total. The van der Waals surface area contributed by atoms with Crippen LogP contribution in [-0.4, -0.2) is 52.9 Å². The van der Waals surface area contributed by atoms with E-state index in [9.17, 15) is 9.59 Å². The molecular formula is C19H23N5O2. The number of rotatable bonds is 4. The quantitative estimate of drug-likeness (QED) is 0.910. The van der Waals surface area contributed by atoms with Crippen molar-refractivity contribution in [2.24, 2.45) is 5.92 Å². The van der Waals surface area contributed by atoms with Crippen molar-refractivity contribution in [1.29, 1.82) is 0 Å². The average molecular weight is 353 g/mol. The van der Waals surface area contributed by atoms with Gasteiger partial charge in [0.15, 0.2) is 0 Å². The van der Waals surface area contributed by atoms with Gasteiger partial charge < -0.3 is 15.1 Å². The molecule has 7 heteroatoms. The molecule has 1 fully saturated rings. The Morgan fingerprint density at radius 2 is 1.62 bits per heavy atom. The molecule has 1 aromatic carbocycles. The minimum atomic E-state index is -0.0822. The van der Waals surface area contributed by atoms with Crippen LogP contribution in [0.3, 0.4) is 0 Å². The summed E-state index contributed by atoms with van der Waals surface area (Å²) in [5, 5.41) is 2.83. The Morgan fingerprint density at radius 3 is 2.19 bits per heavy atom. The summed E-state index contributed by atoms with van der Waals surface area (Å²) in [5.74, 6) is 0.578. The molecule has 0 bridgehead atoms. The van der Waals surface area contributed by atoms with Crippen LogP contribution < -0.4 is 10.2 Å². The second-order valence-corrected chi connectivity index (χ2v) is 6.55. The summed E-state index contributed by atoms with van der Waals surface area (Å²) in [6.07, 6.45) is 3.44. The predicted octanol–water partition coefficient (Wildman–Crippen LogP) is 2.03. The first kappa shape index (κ1) is 17.8. The number of carbonyl (C=O) groups excluding carboxylic acids is 2. The molecule has 2 amide bonds. The van der Waals surface area contributed by atoms with Gasteiger partial charge >= 0.3 is 0 Å². The van der Waals surface area contributed by atoms with Gasteiger partial charge in [-0.1, -0.05) is 13.8 Å². The number of piperazine rings is 1. The van der Waals surface area contributed by atoms with Gasteiger partial charge in [0, 0.05) is 55.7 Å². The number of anilines is 2. The van der Waals surface area contributed by atoms with E-state index in [1.807, 2.05) is 18.7 Å². The number of carbonyl (C=O) groups is 2. The van der Waals surface area contributed by atoms with Crippen molar-refractivity contribution in [2.45, 2.75) is 13.8 Å². The second kappa shape index (κ2) is 7.95. The molecule has 2 heterocycles. The lowest BCUT2D eigenvalue weighted by Crippen LogP contribution is -2.49. The van der Waals surface area contributed by atoms with E-state index in [4.69, 9.17) is 0 Å². The highest BCUT2D eigenvalue weighted by Crippen LogP contribution is 2.15. The van der Waals surface area contributed by atoms with Crippen LogP contribution in [0.4, 0.5) is 11.6 Å². The molecule has 3 rings (SSSR count). The van der Waals surface area contributed by atoms with Gasteiger partial charge in [0.2, 0.25) is 11.9 Å². The normalized spacial score (nSPS) is 14.4. The monoisotopic (exact) mass is 353 g/mol. The minimum absolute atomic E-state index is 0.000339. The van der Waals surface area contributed by atoms with E-state index < -0.39 is 0 Å². The molecule has 1 aromatic heterocycles. The second-order valence-electron chi connectivity index (χ2n) is 6.55. The average Bonchev–Trinajstić information content (AvgIpc) is 2.69. The van der Waals surface area contributed by atoms with Crippen LogP contribution in [0.2, 0.25) is 0 Å². The Labute approximate surface area is 153 Å². The standard InChI is InChI=1S/C19H23N5O2/c1-14(2)17(25)22-16-6-4-15(5-7-16)18(26)23-10-12-24(13-11-23)19-20-8-3-9-21-19/h3-9,14H,10-13H2,1-2H3,(H,22,25). The Kier molecular flexibility index (Phi) is 5.46. The predicted molar refractivity (Wildman–Crippen MR) is 100 cm³/mol. The number of hydrogen-bond acceptors (Lipinski definition) is 5. The molecule has 1 aliphatic heterocycles. The summed E-state index contributed by atoms with van der Waals surface area (Å²) in [6, 6.07) is 8.83. The number of amides is 2. The number of benzene rings is 1. The van der Waals surface area contributed by atoms with Gasteiger partial charge in [-0.3, -0.25) is 9.59 Å². The Morgan fingerprint density at radius 1 is 1.00 bits per heavy atom. The van der Waals surface area contributed by atoms with Crippen molar-refractivity contribution in [3.8, 4) is 0 Å². The van der Waals surface area contributed by atoms with E-state index >= 15 is 0 Å². The van der Waals surface area contributed by atoms with Crippen molar-refractivity contribution in [3.05, 3.63) is 48.3 Å². The summed E-state index contributed by atoms with van der Waals surface area (Å²) in [5.41, 5.74) is 1.32. The van der Waals surface area contributed by atoms with Crippen molar-refractivity contribution >= 4 is 23.5 Å². The molecule has 26 heavy (non-hydrogen) atoms. The zero-order valence-corrected chi connectivity index (χ0v) is 15.1. The third-order valence-corrected chi connectivity index (χ3v) is 4.33. The van der Waals surface area contributed by atoms with Gasteiger partial charge in [-0.05, 0) is 30.3 Å². The first-order chi connectivity index (χ1) is 12.5. The van der Waals surface area contributed by atoms with Gasteiger partial charge in [0.25, 0.3) is 5.91 Å². The van der Waals surface area contributed by atoms with Crippen LogP contribution in [0.15, 0.2) is 42.7 Å². The number of hydrogen-bond donors (Lipinski definition) is 1. The molecule has 0 atom stereocenters. The van der Waals surface area contributed by atoms with E-state index in [-0.39, 0.29) is 17.7 Å². The SMILES string of the molecule is CC(C)C(=O)Nc1ccc(C(=O)N2CCN(c3ncccn3)CC2)cc1. The van der Waals surface area contributed by atoms with Crippen molar-refractivity contribution in [1.82, 2.24) is 14.9 Å². The molecule has 0 spiro atoms. The highest BCUT2D eigenvalue weighted by molar-refractivity contribution is 5.96. The topological polar surface area (TPSA) is 78.4 Å². The molecule has 0 saturated carbocycles. The first-order valence-corrected chi connectivity index (χ1v) is 8.77. The lowest BCUT2D eigenvalue weighted by atomic mass is 10.1. The zero-order valence-electron chi connectivity index (χ0n) is 15.1. The van der Waals surface area contributed by atoms with Gasteiger partial charge in [0.05, 0.1) is 0 Å². The van der Waals surface area contributed by atoms with Crippen LogP contribution in [-0.2, 0) is 4.79 Å². The van der Waals surface area contributed by atoms with Crippen LogP contribution in [0, 0.1) is 5.92 Å². The molecule has 7 nitrogen and oxygen atoms in total. The van der Waals surface area contributed by atoms with Crippen molar-refractivity contribution < 1.29 is 9.59 Å². The Bertz CT molecular complexity index is 753. The maximum Gasteiger partial charge on any atom is 0.253 e. The fraction of sp³-hybridized carbons (Fsp3) is 0.368. The number of nitrogens with one attached hydrogen (secondary N) is 1. The Balaban J connectivity index is 1.57. The lowest BCUT2D eigenvalue weighted by Gasteiger charge is -2.34. The highest BCUT2D eigenvalue weighted by Gasteiger charge is 2.23. The molecular weight excluding hydrogens is 330 g/mol. The minimum Gasteiger partial charge on any atom is -0.337 e. The third-order valence-electron chi connectivity index (χ3n) is 4.33. The van der Waals surface area contributed by atoms with E-state index in [2.05, 4.69) is 20.2 Å². The maximum absolute atomic E-state index is 12.7. The van der Waals surface area contributed by atoms with E-state index in [0.29, 0.717) is 43.4 Å². The fourth-order valence-electron chi connectivity index (χ4n) is 2.73. The zero-order chi connectivity index (χ0) is 18.5. The molecule has 1 aliphatic rings. The number of nitrogens with zero attached hydrogens (tertiary/aromatic N) is 4. The van der Waals surface area contributed by atoms with Gasteiger partial charge in [-0.2, -0.15) is 0 Å². The maximum atomic E-state index is 12.7. The van der Waals surface area contributed by atoms with E-state index in [0.717, 1.165) is 0 Å². The summed E-state index contributed by atoms with van der Waals surface area (Å²) in [6.45, 7) is 6.35. The molecule has 136 valence electrons. The van der Waals surface area contributed by atoms with Gasteiger partial charge in [-0.15, -0.1) is 0 Å². The lowest BCUT2D eigenvalue weighted by molar-refractivity contribution is -0.118. The van der Waals surface area contributed by atoms with Gasteiger partial charge in [0.1, 0.15) is 0 Å². The summed E-state index contributed by atoms with van der Waals surface area (Å²) >= 11 is 0. The summed E-state index contributed by atoms with van der Waals surface area (Å²) < 4.78 is 0. The largest absolute Gasteiger partial charge is 0.337 e. The van der Waals surface area contributed by atoms with Crippen molar-refractivity contribution in [3.63, 3.8) is 0 Å². The van der Waals surface area contributed by atoms with Crippen LogP contribution in [0.1, 0.15) is 24.2 Å². The third kappa shape index (κ3) is 4.17. The van der Waals surface area contributed by atoms with E-state index in [1.165, 1.54) is 0 Å². The molecule has 1 saturated heterocycles. The first-order valence-electron chi connectivity index (χ1n) is 8.77. The van der Waals surface area contributed by atoms with Gasteiger partial charge in [-0.25, -0.2) is 9.97 Å². The Hall–Kier alpha value is -2.96. The van der Waals surface area contributed by atoms with E-state index in [1.54, 1.807) is 42.7 Å². The molecule has 2 aromatic rings. The summed E-state index contributed by atoms with van der Waals surface area (Å²) in [4.78, 5) is 36.8. The van der Waals surface area contributed by atoms with Crippen LogP contribution in [0.25, 0.3) is 0 Å². The van der Waals surface area contributed by atoms with Crippen LogP contribution in [0.5, 0.6) is 0 Å². The number of aromatic nitrogens is 2.